The molecule has 2 N–H and O–H groups in total. The number of hydrogen-bond acceptors (Lipinski definition) is 2. The fourth-order valence-electron chi connectivity index (χ4n) is 2.22. The Morgan fingerprint density at radius 3 is 2.84 bits per heavy atom. The molecular formula is C15H23N3O. The Labute approximate surface area is 115 Å². The maximum atomic E-state index is 5.03. The van der Waals surface area contributed by atoms with E-state index in [1.165, 1.54) is 12.0 Å². The Morgan fingerprint density at radius 1 is 1.37 bits per heavy atom. The van der Waals surface area contributed by atoms with Crippen LogP contribution in [0, 0.1) is 0 Å². The Kier molecular flexibility index (Phi) is 5.21. The van der Waals surface area contributed by atoms with Gasteiger partial charge in [-0.1, -0.05) is 30.3 Å². The van der Waals surface area contributed by atoms with Gasteiger partial charge in [-0.2, -0.15) is 0 Å². The Hall–Kier alpha value is -1.55. The normalized spacial score (nSPS) is 22.1. The first-order valence-corrected chi connectivity index (χ1v) is 6.86. The number of ether oxygens (including phenoxy) is 1. The van der Waals surface area contributed by atoms with Crippen molar-refractivity contribution in [2.75, 3.05) is 27.3 Å². The van der Waals surface area contributed by atoms with E-state index >= 15 is 0 Å². The summed E-state index contributed by atoms with van der Waals surface area (Å²) in [4.78, 5) is 4.25. The molecule has 0 aromatic heterocycles. The Balaban J connectivity index is 1.73. The minimum absolute atomic E-state index is 0.510. The second-order valence-electron chi connectivity index (χ2n) is 4.85. The molecule has 0 spiro atoms. The molecule has 0 radical (unpaired) electrons. The molecule has 19 heavy (non-hydrogen) atoms. The minimum Gasteiger partial charge on any atom is -0.385 e. The molecule has 4 heteroatoms. The number of aliphatic imine (C=N–C) groups is 1. The van der Waals surface area contributed by atoms with Crippen LogP contribution in [0.5, 0.6) is 0 Å². The lowest BCUT2D eigenvalue weighted by molar-refractivity contribution is 0.195. The van der Waals surface area contributed by atoms with Crippen LogP contribution in [0.1, 0.15) is 24.3 Å². The molecule has 2 unspecified atom stereocenters. The number of hydrogen-bond donors (Lipinski definition) is 2. The molecule has 2 atom stereocenters. The van der Waals surface area contributed by atoms with Crippen LogP contribution in [-0.2, 0) is 4.74 Å². The number of guanidine groups is 1. The number of methoxy groups -OCH3 is 1. The van der Waals surface area contributed by atoms with Crippen LogP contribution in [0.25, 0.3) is 0 Å². The van der Waals surface area contributed by atoms with Crippen molar-refractivity contribution in [3.63, 3.8) is 0 Å². The van der Waals surface area contributed by atoms with Crippen LogP contribution < -0.4 is 10.6 Å². The quantitative estimate of drug-likeness (QED) is 0.466. The SMILES string of the molecule is CN=C(NCCCOC)NC1CC1c1ccccc1. The van der Waals surface area contributed by atoms with Gasteiger partial charge in [-0.3, -0.25) is 4.99 Å². The van der Waals surface area contributed by atoms with Gasteiger partial charge in [0, 0.05) is 39.3 Å². The van der Waals surface area contributed by atoms with E-state index in [1.807, 2.05) is 7.05 Å². The molecule has 104 valence electrons. The molecule has 0 amide bonds. The molecule has 0 saturated heterocycles. The van der Waals surface area contributed by atoms with Crippen molar-refractivity contribution in [2.45, 2.75) is 24.8 Å². The van der Waals surface area contributed by atoms with E-state index in [0.29, 0.717) is 12.0 Å². The molecule has 1 saturated carbocycles. The van der Waals surface area contributed by atoms with Gasteiger partial charge in [0.1, 0.15) is 0 Å². The molecule has 0 aliphatic heterocycles. The fourth-order valence-corrected chi connectivity index (χ4v) is 2.22. The zero-order valence-corrected chi connectivity index (χ0v) is 11.7. The Morgan fingerprint density at radius 2 is 2.16 bits per heavy atom. The van der Waals surface area contributed by atoms with Gasteiger partial charge in [0.25, 0.3) is 0 Å². The summed E-state index contributed by atoms with van der Waals surface area (Å²) in [7, 11) is 3.54. The first kappa shape index (κ1) is 13.9. The van der Waals surface area contributed by atoms with Gasteiger partial charge in [-0.05, 0) is 18.4 Å². The lowest BCUT2D eigenvalue weighted by atomic mass is 10.1. The molecular weight excluding hydrogens is 238 g/mol. The zero-order valence-electron chi connectivity index (χ0n) is 11.7. The highest BCUT2D eigenvalue weighted by Crippen LogP contribution is 2.40. The monoisotopic (exact) mass is 261 g/mol. The summed E-state index contributed by atoms with van der Waals surface area (Å²) in [6, 6.07) is 11.2. The van der Waals surface area contributed by atoms with Crippen molar-refractivity contribution in [1.29, 1.82) is 0 Å². The first-order valence-electron chi connectivity index (χ1n) is 6.86. The number of nitrogens with one attached hydrogen (secondary N) is 2. The molecule has 0 heterocycles. The van der Waals surface area contributed by atoms with Crippen LogP contribution in [-0.4, -0.2) is 39.3 Å². The number of nitrogens with zero attached hydrogens (tertiary/aromatic N) is 1. The van der Waals surface area contributed by atoms with E-state index in [2.05, 4.69) is 46.0 Å². The van der Waals surface area contributed by atoms with Gasteiger partial charge in [0.15, 0.2) is 5.96 Å². The van der Waals surface area contributed by atoms with Gasteiger partial charge in [-0.25, -0.2) is 0 Å². The van der Waals surface area contributed by atoms with Gasteiger partial charge < -0.3 is 15.4 Å². The maximum Gasteiger partial charge on any atom is 0.191 e. The van der Waals surface area contributed by atoms with E-state index in [4.69, 9.17) is 4.74 Å². The third-order valence-electron chi connectivity index (χ3n) is 3.38. The molecule has 4 nitrogen and oxygen atoms in total. The molecule has 1 aromatic rings. The highest BCUT2D eigenvalue weighted by Gasteiger charge is 2.38. The second kappa shape index (κ2) is 7.14. The van der Waals surface area contributed by atoms with Gasteiger partial charge in [0.2, 0.25) is 0 Å². The molecule has 1 aliphatic carbocycles. The zero-order chi connectivity index (χ0) is 13.5. The van der Waals surface area contributed by atoms with E-state index in [1.54, 1.807) is 7.11 Å². The van der Waals surface area contributed by atoms with Crippen LogP contribution in [0.3, 0.4) is 0 Å². The lowest BCUT2D eigenvalue weighted by Gasteiger charge is -2.11. The fraction of sp³-hybridized carbons (Fsp3) is 0.533. The van der Waals surface area contributed by atoms with E-state index < -0.39 is 0 Å². The predicted octanol–water partition coefficient (Wildman–Crippen LogP) is 1.74. The average Bonchev–Trinajstić information content (AvgIpc) is 3.22. The maximum absolute atomic E-state index is 5.03. The standard InChI is InChI=1S/C15H23N3O/c1-16-15(17-9-6-10-19-2)18-14-11-13(14)12-7-4-3-5-8-12/h3-5,7-8,13-14H,6,9-11H2,1-2H3,(H2,16,17,18). The van der Waals surface area contributed by atoms with Crippen LogP contribution in [0.15, 0.2) is 35.3 Å². The van der Waals surface area contributed by atoms with Crippen LogP contribution >= 0.6 is 0 Å². The summed E-state index contributed by atoms with van der Waals surface area (Å²) in [5, 5.41) is 6.77. The van der Waals surface area contributed by atoms with Crippen molar-refractivity contribution in [2.24, 2.45) is 4.99 Å². The Bertz CT molecular complexity index is 405. The van der Waals surface area contributed by atoms with Crippen molar-refractivity contribution < 1.29 is 4.74 Å². The summed E-state index contributed by atoms with van der Waals surface area (Å²) in [6.07, 6.45) is 2.17. The molecule has 1 fully saturated rings. The smallest absolute Gasteiger partial charge is 0.191 e. The van der Waals surface area contributed by atoms with Crippen molar-refractivity contribution in [3.05, 3.63) is 35.9 Å². The summed E-state index contributed by atoms with van der Waals surface area (Å²) in [6.45, 7) is 1.66. The van der Waals surface area contributed by atoms with E-state index in [-0.39, 0.29) is 0 Å². The summed E-state index contributed by atoms with van der Waals surface area (Å²) < 4.78 is 5.03. The summed E-state index contributed by atoms with van der Waals surface area (Å²) in [5.41, 5.74) is 1.41. The minimum atomic E-state index is 0.510. The third-order valence-corrected chi connectivity index (χ3v) is 3.38. The second-order valence-corrected chi connectivity index (χ2v) is 4.85. The summed E-state index contributed by atoms with van der Waals surface area (Å²) in [5.74, 6) is 1.51. The predicted molar refractivity (Wildman–Crippen MR) is 78.6 cm³/mol. The van der Waals surface area contributed by atoms with E-state index in [9.17, 15) is 0 Å². The van der Waals surface area contributed by atoms with Crippen molar-refractivity contribution >= 4 is 5.96 Å². The lowest BCUT2D eigenvalue weighted by Crippen LogP contribution is -2.39. The highest BCUT2D eigenvalue weighted by atomic mass is 16.5. The number of rotatable bonds is 6. The third kappa shape index (κ3) is 4.24. The first-order chi connectivity index (χ1) is 9.35. The van der Waals surface area contributed by atoms with Gasteiger partial charge in [0.05, 0.1) is 0 Å². The average molecular weight is 261 g/mol. The van der Waals surface area contributed by atoms with Crippen LogP contribution in [0.4, 0.5) is 0 Å². The highest BCUT2D eigenvalue weighted by molar-refractivity contribution is 5.80. The van der Waals surface area contributed by atoms with E-state index in [0.717, 1.165) is 25.5 Å². The molecule has 1 aromatic carbocycles. The van der Waals surface area contributed by atoms with Crippen molar-refractivity contribution in [1.82, 2.24) is 10.6 Å². The molecule has 2 rings (SSSR count). The summed E-state index contributed by atoms with van der Waals surface area (Å²) >= 11 is 0. The molecule has 0 bridgehead atoms. The molecule has 1 aliphatic rings. The topological polar surface area (TPSA) is 45.7 Å². The van der Waals surface area contributed by atoms with Gasteiger partial charge >= 0.3 is 0 Å². The largest absolute Gasteiger partial charge is 0.385 e. The van der Waals surface area contributed by atoms with Crippen molar-refractivity contribution in [3.8, 4) is 0 Å². The number of benzene rings is 1. The van der Waals surface area contributed by atoms with Gasteiger partial charge in [-0.15, -0.1) is 0 Å². The van der Waals surface area contributed by atoms with Crippen LogP contribution in [0.2, 0.25) is 0 Å².